The van der Waals surface area contributed by atoms with E-state index in [-0.39, 0.29) is 0 Å². The van der Waals surface area contributed by atoms with Crippen LogP contribution in [-0.2, 0) is 0 Å². The van der Waals surface area contributed by atoms with Crippen molar-refractivity contribution in [1.29, 1.82) is 0 Å². The first-order valence-corrected chi connectivity index (χ1v) is 4.14. The van der Waals surface area contributed by atoms with Crippen LogP contribution in [0.3, 0.4) is 0 Å². The molecule has 1 atom stereocenters. The summed E-state index contributed by atoms with van der Waals surface area (Å²) < 4.78 is 0. The van der Waals surface area contributed by atoms with E-state index in [1.165, 1.54) is 25.0 Å². The van der Waals surface area contributed by atoms with Crippen LogP contribution in [0.15, 0.2) is 11.8 Å². The van der Waals surface area contributed by atoms with Crippen molar-refractivity contribution in [3.05, 3.63) is 11.8 Å². The topological polar surface area (TPSA) is 24.1 Å². The molecule has 1 aliphatic heterocycles. The van der Waals surface area contributed by atoms with E-state index in [2.05, 4.69) is 16.7 Å². The van der Waals surface area contributed by atoms with E-state index in [9.17, 15) is 0 Å². The Balaban J connectivity index is 2.08. The van der Waals surface area contributed by atoms with Crippen molar-refractivity contribution < 1.29 is 0 Å². The first-order chi connectivity index (χ1) is 4.97. The lowest BCUT2D eigenvalue weighted by Gasteiger charge is -2.30. The predicted molar refractivity (Wildman–Crippen MR) is 41.7 cm³/mol. The minimum absolute atomic E-state index is 0.655. The van der Waals surface area contributed by atoms with Gasteiger partial charge in [-0.2, -0.15) is 0 Å². The highest BCUT2D eigenvalue weighted by molar-refractivity contribution is 5.13. The molecular formula is C8H14N2. The van der Waals surface area contributed by atoms with Crippen LogP contribution in [-0.4, -0.2) is 19.1 Å². The third kappa shape index (κ3) is 1.03. The zero-order valence-electron chi connectivity index (χ0n) is 6.19. The molecule has 1 saturated heterocycles. The van der Waals surface area contributed by atoms with Crippen LogP contribution in [0.4, 0.5) is 0 Å². The smallest absolute Gasteiger partial charge is 0.0466 e. The number of piperazine rings is 1. The molecule has 2 N–H and O–H groups in total. The lowest BCUT2D eigenvalue weighted by molar-refractivity contribution is 0.431. The summed E-state index contributed by atoms with van der Waals surface area (Å²) in [7, 11) is 0. The SMILES string of the molecule is C1=C2NCCNC2CCC1. The van der Waals surface area contributed by atoms with E-state index in [0.29, 0.717) is 6.04 Å². The van der Waals surface area contributed by atoms with E-state index >= 15 is 0 Å². The Labute approximate surface area is 61.7 Å². The van der Waals surface area contributed by atoms with Gasteiger partial charge in [0, 0.05) is 24.8 Å². The van der Waals surface area contributed by atoms with Crippen molar-refractivity contribution in [3.8, 4) is 0 Å². The van der Waals surface area contributed by atoms with Gasteiger partial charge >= 0.3 is 0 Å². The molecule has 1 fully saturated rings. The molecule has 1 heterocycles. The Morgan fingerprint density at radius 3 is 3.30 bits per heavy atom. The highest BCUT2D eigenvalue weighted by Gasteiger charge is 2.19. The summed E-state index contributed by atoms with van der Waals surface area (Å²) in [6.07, 6.45) is 6.27. The van der Waals surface area contributed by atoms with Crippen LogP contribution >= 0.6 is 0 Å². The highest BCUT2D eigenvalue weighted by Crippen LogP contribution is 2.17. The van der Waals surface area contributed by atoms with Crippen molar-refractivity contribution >= 4 is 0 Å². The molecule has 0 spiro atoms. The van der Waals surface area contributed by atoms with Gasteiger partial charge in [-0.3, -0.25) is 0 Å². The van der Waals surface area contributed by atoms with Gasteiger partial charge in [-0.1, -0.05) is 6.08 Å². The normalized spacial score (nSPS) is 32.0. The first kappa shape index (κ1) is 6.23. The molecule has 10 heavy (non-hydrogen) atoms. The molecule has 0 radical (unpaired) electrons. The van der Waals surface area contributed by atoms with Gasteiger partial charge in [0.1, 0.15) is 0 Å². The average Bonchev–Trinajstić information content (AvgIpc) is 2.05. The average molecular weight is 138 g/mol. The maximum absolute atomic E-state index is 3.49. The van der Waals surface area contributed by atoms with E-state index in [0.717, 1.165) is 13.1 Å². The van der Waals surface area contributed by atoms with Crippen molar-refractivity contribution in [2.45, 2.75) is 25.3 Å². The molecular weight excluding hydrogens is 124 g/mol. The zero-order chi connectivity index (χ0) is 6.81. The summed E-state index contributed by atoms with van der Waals surface area (Å²) in [4.78, 5) is 0. The number of fused-ring (bicyclic) bond motifs is 1. The summed E-state index contributed by atoms with van der Waals surface area (Å²) >= 11 is 0. The number of hydrogen-bond acceptors (Lipinski definition) is 2. The molecule has 0 aromatic rings. The Kier molecular flexibility index (Phi) is 1.63. The van der Waals surface area contributed by atoms with E-state index in [1.807, 2.05) is 0 Å². The van der Waals surface area contributed by atoms with Crippen molar-refractivity contribution in [2.24, 2.45) is 0 Å². The quantitative estimate of drug-likeness (QED) is 0.512. The van der Waals surface area contributed by atoms with Gasteiger partial charge in [0.25, 0.3) is 0 Å². The van der Waals surface area contributed by atoms with Crippen LogP contribution in [0, 0.1) is 0 Å². The summed E-state index contributed by atoms with van der Waals surface area (Å²) in [5, 5.41) is 6.91. The van der Waals surface area contributed by atoms with Crippen molar-refractivity contribution in [1.82, 2.24) is 10.6 Å². The lowest BCUT2D eigenvalue weighted by Crippen LogP contribution is -2.47. The molecule has 1 unspecified atom stereocenters. The fourth-order valence-corrected chi connectivity index (χ4v) is 1.74. The van der Waals surface area contributed by atoms with Crippen LogP contribution in [0.2, 0.25) is 0 Å². The maximum atomic E-state index is 3.49. The molecule has 2 rings (SSSR count). The van der Waals surface area contributed by atoms with Gasteiger partial charge in [-0.25, -0.2) is 0 Å². The number of allylic oxidation sites excluding steroid dienone is 1. The number of rotatable bonds is 0. The van der Waals surface area contributed by atoms with Gasteiger partial charge in [0.05, 0.1) is 0 Å². The van der Waals surface area contributed by atoms with Gasteiger partial charge in [0.2, 0.25) is 0 Å². The Morgan fingerprint density at radius 1 is 1.40 bits per heavy atom. The van der Waals surface area contributed by atoms with E-state index in [1.54, 1.807) is 0 Å². The predicted octanol–water partition coefficient (Wildman–Crippen LogP) is 0.616. The summed E-state index contributed by atoms with van der Waals surface area (Å²) in [6.45, 7) is 2.23. The molecule has 0 bridgehead atoms. The first-order valence-electron chi connectivity index (χ1n) is 4.14. The van der Waals surface area contributed by atoms with Crippen LogP contribution in [0.25, 0.3) is 0 Å². The minimum atomic E-state index is 0.655. The second-order valence-corrected chi connectivity index (χ2v) is 3.02. The second-order valence-electron chi connectivity index (χ2n) is 3.02. The Hall–Kier alpha value is -0.500. The van der Waals surface area contributed by atoms with Gasteiger partial charge in [-0.15, -0.1) is 0 Å². The molecule has 2 heteroatoms. The minimum Gasteiger partial charge on any atom is -0.386 e. The molecule has 2 nitrogen and oxygen atoms in total. The third-order valence-corrected chi connectivity index (χ3v) is 2.28. The number of hydrogen-bond donors (Lipinski definition) is 2. The molecule has 0 amide bonds. The summed E-state index contributed by atoms with van der Waals surface area (Å²) in [5.74, 6) is 0. The Morgan fingerprint density at radius 2 is 2.40 bits per heavy atom. The molecule has 56 valence electrons. The maximum Gasteiger partial charge on any atom is 0.0466 e. The second kappa shape index (κ2) is 2.62. The molecule has 2 aliphatic rings. The van der Waals surface area contributed by atoms with Crippen LogP contribution in [0.1, 0.15) is 19.3 Å². The van der Waals surface area contributed by atoms with E-state index in [4.69, 9.17) is 0 Å². The fraction of sp³-hybridized carbons (Fsp3) is 0.750. The molecule has 0 aromatic carbocycles. The third-order valence-electron chi connectivity index (χ3n) is 2.28. The lowest BCUT2D eigenvalue weighted by atomic mass is 9.98. The van der Waals surface area contributed by atoms with E-state index < -0.39 is 0 Å². The van der Waals surface area contributed by atoms with Crippen molar-refractivity contribution in [2.75, 3.05) is 13.1 Å². The zero-order valence-corrected chi connectivity index (χ0v) is 6.19. The molecule has 0 aromatic heterocycles. The summed E-state index contributed by atoms with van der Waals surface area (Å²) in [6, 6.07) is 0.655. The summed E-state index contributed by atoms with van der Waals surface area (Å²) in [5.41, 5.74) is 1.44. The molecule has 1 aliphatic carbocycles. The van der Waals surface area contributed by atoms with Gasteiger partial charge < -0.3 is 10.6 Å². The number of nitrogens with one attached hydrogen (secondary N) is 2. The fourth-order valence-electron chi connectivity index (χ4n) is 1.74. The standard InChI is InChI=1S/C8H14N2/c1-2-4-8-7(3-1)9-5-6-10-8/h3,8-10H,1-2,4-6H2. The largest absolute Gasteiger partial charge is 0.386 e. The monoisotopic (exact) mass is 138 g/mol. The van der Waals surface area contributed by atoms with Crippen molar-refractivity contribution in [3.63, 3.8) is 0 Å². The van der Waals surface area contributed by atoms with Crippen LogP contribution < -0.4 is 10.6 Å². The Bertz CT molecular complexity index is 151. The molecule has 0 saturated carbocycles. The van der Waals surface area contributed by atoms with Gasteiger partial charge in [-0.05, 0) is 19.3 Å². The van der Waals surface area contributed by atoms with Gasteiger partial charge in [0.15, 0.2) is 0 Å². The van der Waals surface area contributed by atoms with Crippen LogP contribution in [0.5, 0.6) is 0 Å². The highest BCUT2D eigenvalue weighted by atomic mass is 15.1.